The van der Waals surface area contributed by atoms with Gasteiger partial charge in [-0.1, -0.05) is 60.7 Å². The fourth-order valence-electron chi connectivity index (χ4n) is 3.15. The summed E-state index contributed by atoms with van der Waals surface area (Å²) in [5.74, 6) is -0.421. The molecule has 6 nitrogen and oxygen atoms in total. The van der Waals surface area contributed by atoms with E-state index in [2.05, 4.69) is 5.32 Å². The number of nitrogens with one attached hydrogen (secondary N) is 1. The summed E-state index contributed by atoms with van der Waals surface area (Å²) in [7, 11) is -4.03. The summed E-state index contributed by atoms with van der Waals surface area (Å²) in [6.45, 7) is 0. The fourth-order valence-corrected chi connectivity index (χ4v) is 4.12. The highest BCUT2D eigenvalue weighted by atomic mass is 32.2. The van der Waals surface area contributed by atoms with E-state index in [-0.39, 0.29) is 16.2 Å². The number of rotatable bonds is 6. The summed E-state index contributed by atoms with van der Waals surface area (Å²) in [6, 6.07) is 29.0. The number of para-hydroxylation sites is 1. The van der Waals surface area contributed by atoms with E-state index in [1.165, 1.54) is 24.3 Å². The van der Waals surface area contributed by atoms with Crippen molar-refractivity contribution in [3.05, 3.63) is 108 Å². The van der Waals surface area contributed by atoms with Gasteiger partial charge in [-0.3, -0.25) is 4.79 Å². The summed E-state index contributed by atoms with van der Waals surface area (Å²) in [4.78, 5) is 12.4. The molecule has 0 radical (unpaired) electrons. The smallest absolute Gasteiger partial charge is 0.339 e. The van der Waals surface area contributed by atoms with Crippen LogP contribution in [-0.4, -0.2) is 14.3 Å². The Kier molecular flexibility index (Phi) is 6.20. The van der Waals surface area contributed by atoms with Gasteiger partial charge in [0, 0.05) is 5.69 Å². The highest BCUT2D eigenvalue weighted by Gasteiger charge is 2.17. The molecule has 0 saturated carbocycles. The maximum absolute atomic E-state index is 12.7. The molecule has 0 fully saturated rings. The van der Waals surface area contributed by atoms with E-state index in [0.717, 1.165) is 10.8 Å². The molecule has 0 bridgehead atoms. The minimum Gasteiger partial charge on any atom is -0.379 e. The average molecular weight is 455 g/mol. The van der Waals surface area contributed by atoms with Crippen molar-refractivity contribution in [3.8, 4) is 11.8 Å². The lowest BCUT2D eigenvalue weighted by atomic mass is 10.1. The van der Waals surface area contributed by atoms with Crippen molar-refractivity contribution in [2.45, 2.75) is 4.90 Å². The van der Waals surface area contributed by atoms with Crippen LogP contribution in [0.4, 0.5) is 5.69 Å². The van der Waals surface area contributed by atoms with Gasteiger partial charge in [0.05, 0.1) is 0 Å². The zero-order valence-corrected chi connectivity index (χ0v) is 18.1. The monoisotopic (exact) mass is 454 g/mol. The topological polar surface area (TPSA) is 96.3 Å². The second-order valence-electron chi connectivity index (χ2n) is 7.11. The van der Waals surface area contributed by atoms with Crippen LogP contribution in [0, 0.1) is 11.3 Å². The van der Waals surface area contributed by atoms with E-state index in [4.69, 9.17) is 4.18 Å². The van der Waals surface area contributed by atoms with E-state index in [1.54, 1.807) is 48.5 Å². The lowest BCUT2D eigenvalue weighted by Crippen LogP contribution is -2.13. The van der Waals surface area contributed by atoms with E-state index < -0.39 is 16.0 Å². The molecule has 0 saturated heterocycles. The van der Waals surface area contributed by atoms with Crippen molar-refractivity contribution in [2.24, 2.45) is 0 Å². The summed E-state index contributed by atoms with van der Waals surface area (Å²) in [6.07, 6.45) is 1.42. The van der Waals surface area contributed by atoms with Crippen molar-refractivity contribution < 1.29 is 17.4 Å². The molecule has 0 spiro atoms. The largest absolute Gasteiger partial charge is 0.379 e. The Balaban J connectivity index is 1.50. The number of hydrogen-bond donors (Lipinski definition) is 1. The van der Waals surface area contributed by atoms with Crippen LogP contribution >= 0.6 is 0 Å². The molecular weight excluding hydrogens is 436 g/mol. The van der Waals surface area contributed by atoms with Crippen LogP contribution in [0.5, 0.6) is 5.75 Å². The highest BCUT2D eigenvalue weighted by molar-refractivity contribution is 7.87. The van der Waals surface area contributed by atoms with Gasteiger partial charge in [-0.25, -0.2) is 0 Å². The number of hydrogen-bond acceptors (Lipinski definition) is 5. The highest BCUT2D eigenvalue weighted by Crippen LogP contribution is 2.23. The molecule has 0 aromatic heterocycles. The van der Waals surface area contributed by atoms with Crippen molar-refractivity contribution in [2.75, 3.05) is 5.32 Å². The molecule has 0 aliphatic rings. The number of carbonyl (C=O) groups is 1. The molecule has 0 unspecified atom stereocenters. The molecule has 4 aromatic rings. The number of nitrogens with zero attached hydrogens (tertiary/aromatic N) is 1. The lowest BCUT2D eigenvalue weighted by Gasteiger charge is -2.08. The van der Waals surface area contributed by atoms with E-state index >= 15 is 0 Å². The van der Waals surface area contributed by atoms with Gasteiger partial charge in [0.25, 0.3) is 5.91 Å². The van der Waals surface area contributed by atoms with Crippen molar-refractivity contribution in [1.29, 1.82) is 5.26 Å². The van der Waals surface area contributed by atoms with E-state index in [9.17, 15) is 18.5 Å². The second-order valence-corrected chi connectivity index (χ2v) is 8.65. The van der Waals surface area contributed by atoms with Crippen LogP contribution in [0.1, 0.15) is 5.56 Å². The minimum absolute atomic E-state index is 0.0505. The molecule has 0 aliphatic carbocycles. The zero-order chi connectivity index (χ0) is 23.3. The number of fused-ring (bicyclic) bond motifs is 1. The maximum atomic E-state index is 12.7. The molecule has 4 aromatic carbocycles. The van der Waals surface area contributed by atoms with Gasteiger partial charge in [-0.15, -0.1) is 0 Å². The molecule has 0 aliphatic heterocycles. The molecule has 33 heavy (non-hydrogen) atoms. The SMILES string of the molecule is N#C/C(=C\c1ccc(OS(=O)(=O)c2ccc3ccccc3c2)cc1)C(=O)Nc1ccccc1. The normalized spacial score (nSPS) is 11.5. The van der Waals surface area contributed by atoms with Gasteiger partial charge < -0.3 is 9.50 Å². The molecular formula is C26H18N2O4S. The van der Waals surface area contributed by atoms with E-state index in [0.29, 0.717) is 11.3 Å². The van der Waals surface area contributed by atoms with Gasteiger partial charge in [0.2, 0.25) is 0 Å². The van der Waals surface area contributed by atoms with Crippen LogP contribution in [0.25, 0.3) is 16.8 Å². The first kappa shape index (κ1) is 21.8. The molecule has 0 atom stereocenters. The molecule has 1 N–H and O–H groups in total. The standard InChI is InChI=1S/C26H18N2O4S/c27-18-22(26(29)28-23-8-2-1-3-9-23)16-19-10-13-24(14-11-19)32-33(30,31)25-15-12-20-6-4-5-7-21(20)17-25/h1-17H,(H,28,29)/b22-16+. The number of benzene rings is 4. The van der Waals surface area contributed by atoms with Gasteiger partial charge in [0.1, 0.15) is 22.3 Å². The molecule has 162 valence electrons. The third-order valence-corrected chi connectivity index (χ3v) is 6.05. The molecule has 4 rings (SSSR count). The Bertz CT molecular complexity index is 1490. The predicted molar refractivity (Wildman–Crippen MR) is 127 cm³/mol. The molecule has 1 amide bonds. The van der Waals surface area contributed by atoms with Crippen molar-refractivity contribution >= 4 is 38.6 Å². The van der Waals surface area contributed by atoms with Crippen LogP contribution in [0.2, 0.25) is 0 Å². The first-order valence-electron chi connectivity index (χ1n) is 9.96. The van der Waals surface area contributed by atoms with E-state index in [1.807, 2.05) is 36.4 Å². The first-order chi connectivity index (χ1) is 15.9. The second kappa shape index (κ2) is 9.39. The lowest BCUT2D eigenvalue weighted by molar-refractivity contribution is -0.112. The van der Waals surface area contributed by atoms with Crippen LogP contribution in [0.3, 0.4) is 0 Å². The van der Waals surface area contributed by atoms with Gasteiger partial charge in [0.15, 0.2) is 0 Å². The number of anilines is 1. The summed E-state index contributed by atoms with van der Waals surface area (Å²) in [5, 5.41) is 13.7. The Morgan fingerprint density at radius 3 is 2.21 bits per heavy atom. The quantitative estimate of drug-likeness (QED) is 0.247. The number of nitriles is 1. The summed E-state index contributed by atoms with van der Waals surface area (Å²) >= 11 is 0. The van der Waals surface area contributed by atoms with Crippen molar-refractivity contribution in [1.82, 2.24) is 0 Å². The summed E-state index contributed by atoms with van der Waals surface area (Å²) < 4.78 is 30.6. The fraction of sp³-hybridized carbons (Fsp3) is 0. The molecule has 0 heterocycles. The predicted octanol–water partition coefficient (Wildman–Crippen LogP) is 5.15. The third-order valence-electron chi connectivity index (χ3n) is 4.80. The van der Waals surface area contributed by atoms with Gasteiger partial charge in [-0.05, 0) is 58.8 Å². The van der Waals surface area contributed by atoms with Crippen LogP contribution < -0.4 is 9.50 Å². The number of carbonyl (C=O) groups excluding carboxylic acids is 1. The zero-order valence-electron chi connectivity index (χ0n) is 17.3. The average Bonchev–Trinajstić information content (AvgIpc) is 2.83. The third kappa shape index (κ3) is 5.26. The van der Waals surface area contributed by atoms with Crippen LogP contribution in [-0.2, 0) is 14.9 Å². The Labute approximate surface area is 191 Å². The first-order valence-corrected chi connectivity index (χ1v) is 11.4. The van der Waals surface area contributed by atoms with Gasteiger partial charge >= 0.3 is 10.1 Å². The minimum atomic E-state index is -4.03. The maximum Gasteiger partial charge on any atom is 0.339 e. The summed E-state index contributed by atoms with van der Waals surface area (Å²) in [5.41, 5.74) is 1.04. The van der Waals surface area contributed by atoms with Gasteiger partial charge in [-0.2, -0.15) is 13.7 Å². The Hall–Kier alpha value is -4.41. The Morgan fingerprint density at radius 2 is 1.52 bits per heavy atom. The Morgan fingerprint density at radius 1 is 0.848 bits per heavy atom. The van der Waals surface area contributed by atoms with Crippen molar-refractivity contribution in [3.63, 3.8) is 0 Å². The number of amides is 1. The van der Waals surface area contributed by atoms with Crippen LogP contribution in [0.15, 0.2) is 108 Å². The molecule has 7 heteroatoms.